The molecule has 0 aliphatic carbocycles. The van der Waals surface area contributed by atoms with Crippen molar-refractivity contribution >= 4 is 12.1 Å². The van der Waals surface area contributed by atoms with Crippen LogP contribution in [-0.4, -0.2) is 53.0 Å². The Morgan fingerprint density at radius 1 is 1.30 bits per heavy atom. The van der Waals surface area contributed by atoms with Gasteiger partial charge in [-0.15, -0.1) is 0 Å². The summed E-state index contributed by atoms with van der Waals surface area (Å²) >= 11 is 0. The molecule has 0 saturated carbocycles. The first-order valence-electron chi connectivity index (χ1n) is 7.61. The molecule has 6 heteroatoms. The van der Waals surface area contributed by atoms with E-state index in [0.29, 0.717) is 6.54 Å². The van der Waals surface area contributed by atoms with Crippen molar-refractivity contribution in [2.75, 3.05) is 19.7 Å². The number of carbonyl (C=O) groups is 2. The molecule has 2 rings (SSSR count). The maximum Gasteiger partial charge on any atom is 0.410 e. The fourth-order valence-electron chi connectivity index (χ4n) is 2.50. The fraction of sp³-hybridized carbons (Fsp3) is 0.529. The van der Waals surface area contributed by atoms with Crippen molar-refractivity contribution in [3.63, 3.8) is 0 Å². The lowest BCUT2D eigenvalue weighted by Gasteiger charge is -2.40. The molecule has 1 atom stereocenters. The lowest BCUT2D eigenvalue weighted by atomic mass is 9.92. The first-order valence-corrected chi connectivity index (χ1v) is 7.61. The molecule has 23 heavy (non-hydrogen) atoms. The lowest BCUT2D eigenvalue weighted by Crippen LogP contribution is -2.59. The summed E-state index contributed by atoms with van der Waals surface area (Å²) in [6, 6.07) is 9.26. The topological polar surface area (TPSA) is 76.1 Å². The zero-order valence-electron chi connectivity index (χ0n) is 13.7. The number of benzene rings is 1. The monoisotopic (exact) mass is 321 g/mol. The average molecular weight is 321 g/mol. The van der Waals surface area contributed by atoms with Gasteiger partial charge in [-0.1, -0.05) is 30.3 Å². The first-order chi connectivity index (χ1) is 10.7. The molecule has 1 amide bonds. The molecule has 0 bridgehead atoms. The quantitative estimate of drug-likeness (QED) is 0.924. The summed E-state index contributed by atoms with van der Waals surface area (Å²) in [5, 5.41) is 9.68. The van der Waals surface area contributed by atoms with E-state index < -0.39 is 23.3 Å². The smallest absolute Gasteiger partial charge is 0.410 e. The minimum absolute atomic E-state index is 0.0356. The SMILES string of the molecule is CC(C)(C)OC(=O)N1CCO[C@@](Cc2ccccc2)(C(=O)O)C1. The summed E-state index contributed by atoms with van der Waals surface area (Å²) in [5.41, 5.74) is -1.22. The molecule has 1 aromatic rings. The Bertz CT molecular complexity index is 566. The van der Waals surface area contributed by atoms with Crippen LogP contribution in [0, 0.1) is 0 Å². The Balaban J connectivity index is 2.17. The van der Waals surface area contributed by atoms with Gasteiger partial charge in [0.15, 0.2) is 5.60 Å². The molecule has 1 saturated heterocycles. The molecule has 1 aromatic carbocycles. The molecule has 0 aromatic heterocycles. The largest absolute Gasteiger partial charge is 0.479 e. The number of ether oxygens (including phenoxy) is 2. The minimum Gasteiger partial charge on any atom is -0.479 e. The van der Waals surface area contributed by atoms with Crippen LogP contribution in [0.5, 0.6) is 0 Å². The van der Waals surface area contributed by atoms with Crippen LogP contribution in [0.15, 0.2) is 30.3 Å². The molecule has 1 aliphatic heterocycles. The number of hydrogen-bond acceptors (Lipinski definition) is 4. The molecule has 126 valence electrons. The van der Waals surface area contributed by atoms with Crippen LogP contribution in [0.4, 0.5) is 4.79 Å². The predicted molar refractivity (Wildman–Crippen MR) is 84.3 cm³/mol. The van der Waals surface area contributed by atoms with E-state index in [9.17, 15) is 14.7 Å². The van der Waals surface area contributed by atoms with Gasteiger partial charge in [-0.05, 0) is 26.3 Å². The summed E-state index contributed by atoms with van der Waals surface area (Å²) in [6.07, 6.45) is -0.317. The molecule has 1 aliphatic rings. The molecule has 1 fully saturated rings. The number of carboxylic acid groups (broad SMARTS) is 1. The van der Waals surface area contributed by atoms with Crippen molar-refractivity contribution in [1.29, 1.82) is 0 Å². The minimum atomic E-state index is -1.45. The van der Waals surface area contributed by atoms with Gasteiger partial charge in [0.2, 0.25) is 0 Å². The highest BCUT2D eigenvalue weighted by atomic mass is 16.6. The maximum absolute atomic E-state index is 12.2. The summed E-state index contributed by atoms with van der Waals surface area (Å²) in [4.78, 5) is 25.5. The average Bonchev–Trinajstić information content (AvgIpc) is 2.46. The molecular formula is C17H23NO5. The Hall–Kier alpha value is -2.08. The molecule has 0 radical (unpaired) electrons. The third-order valence-corrected chi connectivity index (χ3v) is 3.56. The maximum atomic E-state index is 12.2. The Kier molecular flexibility index (Phi) is 4.94. The zero-order valence-corrected chi connectivity index (χ0v) is 13.7. The van der Waals surface area contributed by atoms with Crippen LogP contribution in [0.25, 0.3) is 0 Å². The van der Waals surface area contributed by atoms with Crippen LogP contribution in [-0.2, 0) is 20.7 Å². The molecule has 0 spiro atoms. The molecule has 0 unspecified atom stereocenters. The third-order valence-electron chi connectivity index (χ3n) is 3.56. The highest BCUT2D eigenvalue weighted by Crippen LogP contribution is 2.25. The van der Waals surface area contributed by atoms with Crippen molar-refractivity contribution in [3.8, 4) is 0 Å². The van der Waals surface area contributed by atoms with Gasteiger partial charge in [0.05, 0.1) is 13.2 Å². The second kappa shape index (κ2) is 6.58. The van der Waals surface area contributed by atoms with Gasteiger partial charge in [0.25, 0.3) is 0 Å². The van der Waals surface area contributed by atoms with E-state index in [4.69, 9.17) is 9.47 Å². The fourth-order valence-corrected chi connectivity index (χ4v) is 2.50. The highest BCUT2D eigenvalue weighted by Gasteiger charge is 2.46. The number of carbonyl (C=O) groups excluding carboxylic acids is 1. The number of amides is 1. The summed E-state index contributed by atoms with van der Waals surface area (Å²) in [7, 11) is 0. The Morgan fingerprint density at radius 2 is 1.96 bits per heavy atom. The van der Waals surface area contributed by atoms with Crippen molar-refractivity contribution in [1.82, 2.24) is 4.90 Å². The van der Waals surface area contributed by atoms with Gasteiger partial charge in [0, 0.05) is 13.0 Å². The Labute approximate surface area is 136 Å². The van der Waals surface area contributed by atoms with E-state index in [1.807, 2.05) is 30.3 Å². The van der Waals surface area contributed by atoms with Crippen LogP contribution in [0.3, 0.4) is 0 Å². The van der Waals surface area contributed by atoms with E-state index in [1.54, 1.807) is 20.8 Å². The van der Waals surface area contributed by atoms with Crippen LogP contribution in [0.2, 0.25) is 0 Å². The summed E-state index contributed by atoms with van der Waals surface area (Å²) in [5.74, 6) is -1.07. The van der Waals surface area contributed by atoms with Gasteiger partial charge in [-0.25, -0.2) is 9.59 Å². The van der Waals surface area contributed by atoms with Crippen molar-refractivity contribution in [2.45, 2.75) is 38.4 Å². The van der Waals surface area contributed by atoms with E-state index in [0.717, 1.165) is 5.56 Å². The third kappa shape index (κ3) is 4.45. The van der Waals surface area contributed by atoms with Gasteiger partial charge in [-0.3, -0.25) is 0 Å². The second-order valence-corrected chi connectivity index (χ2v) is 6.71. The number of aliphatic carboxylic acids is 1. The number of carboxylic acids is 1. The number of hydrogen-bond donors (Lipinski definition) is 1. The lowest BCUT2D eigenvalue weighted by molar-refractivity contribution is -0.176. The van der Waals surface area contributed by atoms with Crippen LogP contribution < -0.4 is 0 Å². The van der Waals surface area contributed by atoms with E-state index in [1.165, 1.54) is 4.90 Å². The molecular weight excluding hydrogens is 298 g/mol. The number of nitrogens with zero attached hydrogens (tertiary/aromatic N) is 1. The molecule has 6 nitrogen and oxygen atoms in total. The summed E-state index contributed by atoms with van der Waals surface area (Å²) < 4.78 is 10.9. The van der Waals surface area contributed by atoms with Crippen molar-refractivity contribution in [3.05, 3.63) is 35.9 Å². The predicted octanol–water partition coefficient (Wildman–Crippen LogP) is 2.32. The highest BCUT2D eigenvalue weighted by molar-refractivity contribution is 5.80. The van der Waals surface area contributed by atoms with Gasteiger partial charge < -0.3 is 19.5 Å². The van der Waals surface area contributed by atoms with E-state index >= 15 is 0 Å². The van der Waals surface area contributed by atoms with Crippen molar-refractivity contribution < 1.29 is 24.2 Å². The van der Waals surface area contributed by atoms with Gasteiger partial charge >= 0.3 is 12.1 Å². The van der Waals surface area contributed by atoms with Gasteiger partial charge in [-0.2, -0.15) is 0 Å². The number of morpholine rings is 1. The van der Waals surface area contributed by atoms with Crippen LogP contribution in [0.1, 0.15) is 26.3 Å². The molecule has 1 heterocycles. The standard InChI is InChI=1S/C17H23NO5/c1-16(2,3)23-15(21)18-9-10-22-17(12-18,14(19)20)11-13-7-5-4-6-8-13/h4-8H,9-12H2,1-3H3,(H,19,20)/t17-/m1/s1. The second-order valence-electron chi connectivity index (χ2n) is 6.71. The van der Waals surface area contributed by atoms with Gasteiger partial charge in [0.1, 0.15) is 5.60 Å². The van der Waals surface area contributed by atoms with E-state index in [2.05, 4.69) is 0 Å². The summed E-state index contributed by atoms with van der Waals surface area (Å²) in [6.45, 7) is 5.78. The normalized spacial score (nSPS) is 21.8. The van der Waals surface area contributed by atoms with Crippen LogP contribution >= 0.6 is 0 Å². The number of rotatable bonds is 3. The zero-order chi connectivity index (χ0) is 17.1. The molecule has 1 N–H and O–H groups in total. The first kappa shape index (κ1) is 17.3. The van der Waals surface area contributed by atoms with Crippen molar-refractivity contribution in [2.24, 2.45) is 0 Å². The van der Waals surface area contributed by atoms with E-state index in [-0.39, 0.29) is 19.6 Å². The Morgan fingerprint density at radius 3 is 2.52 bits per heavy atom.